The standard InChI is InChI=1S/C77H128NO8P/c1-3-5-7-9-11-13-15-17-19-21-23-25-27-29-31-33-35-36-37-38-40-42-44-46-48-50-52-54-56-58-60-62-64-66-68-70-77(80)86-75(74-85-87(81,82)84-72-71-78)73-83-76(79)69-67-65-63-61-59-57-55-53-51-49-47-45-43-41-39-34-32-30-28-26-24-22-20-18-16-14-12-10-8-6-4-2/h5-8,11-14,17-20,23-26,29-32,35-36,38-41,75H,3-4,9-10,15-16,21-22,27-28,33-34,37,42-74,78H2,1-2H3,(H,81,82)/b7-5-,8-6-,13-11-,14-12-,19-17-,20-18-,25-23-,26-24-,31-29-,32-30-,36-35-,40-38-,41-39-. The van der Waals surface area contributed by atoms with Crippen molar-refractivity contribution in [2.24, 2.45) is 5.73 Å². The molecule has 0 aliphatic rings. The highest BCUT2D eigenvalue weighted by Crippen LogP contribution is 2.43. The van der Waals surface area contributed by atoms with Crippen LogP contribution in [-0.2, 0) is 32.7 Å². The molecule has 0 fully saturated rings. The van der Waals surface area contributed by atoms with Crippen LogP contribution in [0.3, 0.4) is 0 Å². The van der Waals surface area contributed by atoms with Crippen molar-refractivity contribution in [1.29, 1.82) is 0 Å². The van der Waals surface area contributed by atoms with E-state index in [0.29, 0.717) is 6.42 Å². The number of allylic oxidation sites excluding steroid dienone is 26. The maximum absolute atomic E-state index is 12.8. The van der Waals surface area contributed by atoms with Crippen molar-refractivity contribution in [3.8, 4) is 0 Å². The van der Waals surface area contributed by atoms with Gasteiger partial charge in [0.05, 0.1) is 13.2 Å². The Hall–Kier alpha value is -4.37. The Morgan fingerprint density at radius 1 is 0.345 bits per heavy atom. The summed E-state index contributed by atoms with van der Waals surface area (Å²) in [5.74, 6) is -0.834. The number of hydrogen-bond acceptors (Lipinski definition) is 8. The van der Waals surface area contributed by atoms with E-state index in [4.69, 9.17) is 24.3 Å². The first-order valence-corrected chi connectivity index (χ1v) is 36.5. The molecule has 87 heavy (non-hydrogen) atoms. The summed E-state index contributed by atoms with van der Waals surface area (Å²) in [6, 6.07) is 0. The minimum Gasteiger partial charge on any atom is -0.462 e. The molecule has 0 amide bonds. The van der Waals surface area contributed by atoms with Gasteiger partial charge in [-0.2, -0.15) is 0 Å². The fourth-order valence-corrected chi connectivity index (χ4v) is 10.1. The predicted molar refractivity (Wildman–Crippen MR) is 376 cm³/mol. The first kappa shape index (κ1) is 82.6. The predicted octanol–water partition coefficient (Wildman–Crippen LogP) is 23.2. The molecule has 0 saturated carbocycles. The Kier molecular flexibility index (Phi) is 67.2. The molecule has 0 aromatic carbocycles. The smallest absolute Gasteiger partial charge is 0.462 e. The lowest BCUT2D eigenvalue weighted by Gasteiger charge is -2.19. The van der Waals surface area contributed by atoms with E-state index in [-0.39, 0.29) is 38.6 Å². The Morgan fingerprint density at radius 2 is 0.598 bits per heavy atom. The highest BCUT2D eigenvalue weighted by atomic mass is 31.2. The molecular formula is C77H128NO8P. The molecule has 2 unspecified atom stereocenters. The largest absolute Gasteiger partial charge is 0.472 e. The Morgan fingerprint density at radius 3 is 0.885 bits per heavy atom. The topological polar surface area (TPSA) is 134 Å². The molecule has 9 nitrogen and oxygen atoms in total. The molecule has 0 aromatic heterocycles. The molecule has 494 valence electrons. The summed E-state index contributed by atoms with van der Waals surface area (Å²) < 4.78 is 33.2. The number of rotatable bonds is 64. The summed E-state index contributed by atoms with van der Waals surface area (Å²) in [7, 11) is -4.40. The molecule has 2 atom stereocenters. The molecule has 0 heterocycles. The normalized spacial score (nSPS) is 13.9. The summed E-state index contributed by atoms with van der Waals surface area (Å²) in [6.45, 7) is 3.52. The van der Waals surface area contributed by atoms with Gasteiger partial charge in [0.1, 0.15) is 6.61 Å². The third-order valence-electron chi connectivity index (χ3n) is 14.4. The zero-order chi connectivity index (χ0) is 63.0. The number of ether oxygens (including phenoxy) is 2. The number of carbonyl (C=O) groups excluding carboxylic acids is 2. The van der Waals surface area contributed by atoms with E-state index in [0.717, 1.165) is 128 Å². The van der Waals surface area contributed by atoms with Gasteiger partial charge in [0, 0.05) is 19.4 Å². The maximum atomic E-state index is 12.8. The Labute approximate surface area is 534 Å². The lowest BCUT2D eigenvalue weighted by molar-refractivity contribution is -0.161. The SMILES string of the molecule is CC/C=C\C/C=C\C/C=C\C/C=C\C/C=C\C/C=C\C/C=C\CCCCCCCCCCCCCCCC(=O)OC(COC(=O)CCCCCCCCCCCCCC/C=C\C/C=C\C/C=C\C/C=C\C/C=C\C/C=C\CC)COP(=O)(O)OCCN. The van der Waals surface area contributed by atoms with Crippen LogP contribution in [0.25, 0.3) is 0 Å². The van der Waals surface area contributed by atoms with Crippen LogP contribution in [0.1, 0.15) is 284 Å². The maximum Gasteiger partial charge on any atom is 0.472 e. The Balaban J connectivity index is 3.93. The van der Waals surface area contributed by atoms with Gasteiger partial charge in [-0.25, -0.2) is 4.57 Å². The first-order valence-electron chi connectivity index (χ1n) is 35.0. The molecule has 10 heteroatoms. The summed E-state index contributed by atoms with van der Waals surface area (Å²) in [6.07, 6.45) is 103. The lowest BCUT2D eigenvalue weighted by atomic mass is 10.0. The number of phosphoric ester groups is 1. The second kappa shape index (κ2) is 70.7. The quantitative estimate of drug-likeness (QED) is 0.0264. The van der Waals surface area contributed by atoms with Crippen LogP contribution in [0, 0.1) is 0 Å². The van der Waals surface area contributed by atoms with Crippen molar-refractivity contribution < 1.29 is 37.6 Å². The highest BCUT2D eigenvalue weighted by Gasteiger charge is 2.26. The van der Waals surface area contributed by atoms with E-state index in [1.54, 1.807) is 0 Å². The van der Waals surface area contributed by atoms with Crippen LogP contribution in [0.2, 0.25) is 0 Å². The lowest BCUT2D eigenvalue weighted by Crippen LogP contribution is -2.29. The van der Waals surface area contributed by atoms with Gasteiger partial charge in [-0.05, 0) is 122 Å². The van der Waals surface area contributed by atoms with Gasteiger partial charge in [0.25, 0.3) is 0 Å². The minimum atomic E-state index is -4.40. The van der Waals surface area contributed by atoms with Crippen LogP contribution in [0.5, 0.6) is 0 Å². The molecule has 3 N–H and O–H groups in total. The average Bonchev–Trinajstić information content (AvgIpc) is 3.64. The van der Waals surface area contributed by atoms with E-state index in [1.807, 2.05) is 0 Å². The molecule has 0 rings (SSSR count). The molecule has 0 aromatic rings. The summed E-state index contributed by atoms with van der Waals surface area (Å²) in [4.78, 5) is 35.4. The number of unbranched alkanes of at least 4 members (excludes halogenated alkanes) is 25. The number of hydrogen-bond donors (Lipinski definition) is 2. The van der Waals surface area contributed by atoms with Crippen LogP contribution in [0.15, 0.2) is 158 Å². The molecule has 0 spiro atoms. The van der Waals surface area contributed by atoms with Crippen molar-refractivity contribution in [2.75, 3.05) is 26.4 Å². The van der Waals surface area contributed by atoms with Gasteiger partial charge in [-0.1, -0.05) is 307 Å². The van der Waals surface area contributed by atoms with Crippen molar-refractivity contribution in [3.05, 3.63) is 158 Å². The van der Waals surface area contributed by atoms with Gasteiger partial charge in [0.2, 0.25) is 0 Å². The third kappa shape index (κ3) is 70.6. The van der Waals surface area contributed by atoms with Gasteiger partial charge in [-0.3, -0.25) is 18.6 Å². The van der Waals surface area contributed by atoms with Gasteiger partial charge >= 0.3 is 19.8 Å². The number of nitrogens with two attached hydrogens (primary N) is 1. The number of phosphoric acid groups is 1. The first-order chi connectivity index (χ1) is 42.8. The fourth-order valence-electron chi connectivity index (χ4n) is 9.33. The zero-order valence-corrected chi connectivity index (χ0v) is 56.3. The van der Waals surface area contributed by atoms with Crippen LogP contribution in [0.4, 0.5) is 0 Å². The molecular weight excluding hydrogens is 1100 g/mol. The second-order valence-electron chi connectivity index (χ2n) is 22.6. The van der Waals surface area contributed by atoms with E-state index in [9.17, 15) is 19.0 Å². The van der Waals surface area contributed by atoms with Crippen LogP contribution >= 0.6 is 7.82 Å². The van der Waals surface area contributed by atoms with Crippen LogP contribution < -0.4 is 5.73 Å². The summed E-state index contributed by atoms with van der Waals surface area (Å²) in [5, 5.41) is 0. The minimum absolute atomic E-state index is 0.0465. The van der Waals surface area contributed by atoms with Gasteiger partial charge < -0.3 is 20.1 Å². The third-order valence-corrected chi connectivity index (χ3v) is 15.4. The van der Waals surface area contributed by atoms with Crippen molar-refractivity contribution in [3.63, 3.8) is 0 Å². The molecule has 0 bridgehead atoms. The van der Waals surface area contributed by atoms with Gasteiger partial charge in [0.15, 0.2) is 6.10 Å². The van der Waals surface area contributed by atoms with Crippen molar-refractivity contribution in [2.45, 2.75) is 290 Å². The summed E-state index contributed by atoms with van der Waals surface area (Å²) >= 11 is 0. The molecule has 0 radical (unpaired) electrons. The van der Waals surface area contributed by atoms with Crippen molar-refractivity contribution >= 4 is 19.8 Å². The summed E-state index contributed by atoms with van der Waals surface area (Å²) in [5.41, 5.74) is 5.40. The molecule has 0 aliphatic carbocycles. The molecule has 0 saturated heterocycles. The van der Waals surface area contributed by atoms with E-state index in [1.165, 1.54) is 122 Å². The zero-order valence-electron chi connectivity index (χ0n) is 55.4. The highest BCUT2D eigenvalue weighted by molar-refractivity contribution is 7.47. The molecule has 0 aliphatic heterocycles. The fraction of sp³-hybridized carbons (Fsp3) is 0.636. The van der Waals surface area contributed by atoms with Gasteiger partial charge in [-0.15, -0.1) is 0 Å². The monoisotopic (exact) mass is 1230 g/mol. The number of carbonyl (C=O) groups is 2. The van der Waals surface area contributed by atoms with Crippen molar-refractivity contribution in [1.82, 2.24) is 0 Å². The van der Waals surface area contributed by atoms with E-state index in [2.05, 4.69) is 172 Å². The average molecular weight is 1230 g/mol. The van der Waals surface area contributed by atoms with E-state index >= 15 is 0 Å². The second-order valence-corrected chi connectivity index (χ2v) is 24.1. The van der Waals surface area contributed by atoms with Crippen LogP contribution in [-0.4, -0.2) is 49.3 Å². The number of esters is 2. The Bertz CT molecular complexity index is 1980. The van der Waals surface area contributed by atoms with E-state index < -0.39 is 26.5 Å².